The van der Waals surface area contributed by atoms with E-state index >= 15 is 0 Å². The summed E-state index contributed by atoms with van der Waals surface area (Å²) < 4.78 is 0. The van der Waals surface area contributed by atoms with Crippen LogP contribution >= 0.6 is 0 Å². The van der Waals surface area contributed by atoms with Gasteiger partial charge in [0.15, 0.2) is 0 Å². The van der Waals surface area contributed by atoms with E-state index in [1.54, 1.807) is 0 Å². The van der Waals surface area contributed by atoms with Crippen LogP contribution in [0.4, 0.5) is 5.69 Å². The molecular formula is C27H37NO. The van der Waals surface area contributed by atoms with Gasteiger partial charge in [-0.2, -0.15) is 0 Å². The minimum Gasteiger partial charge on any atom is -0.326 e. The quantitative estimate of drug-likeness (QED) is 0.570. The van der Waals surface area contributed by atoms with Crippen LogP contribution in [0.2, 0.25) is 0 Å². The van der Waals surface area contributed by atoms with Gasteiger partial charge in [-0.3, -0.25) is 4.79 Å². The fourth-order valence-corrected chi connectivity index (χ4v) is 4.65. The van der Waals surface area contributed by atoms with Crippen molar-refractivity contribution >= 4 is 11.6 Å². The van der Waals surface area contributed by atoms with Crippen molar-refractivity contribution in [3.8, 4) is 0 Å². The number of benzene rings is 2. The van der Waals surface area contributed by atoms with Crippen molar-refractivity contribution < 1.29 is 4.79 Å². The monoisotopic (exact) mass is 391 g/mol. The number of hydrogen-bond donors (Lipinski definition) is 1. The Labute approximate surface area is 177 Å². The third kappa shape index (κ3) is 7.68. The highest BCUT2D eigenvalue weighted by molar-refractivity contribution is 5.92. The number of hydrogen-bond acceptors (Lipinski definition) is 1. The molecule has 2 aromatic carbocycles. The Balaban J connectivity index is 1.50. The van der Waals surface area contributed by atoms with Crippen molar-refractivity contribution in [3.63, 3.8) is 0 Å². The molecular weight excluding hydrogens is 354 g/mol. The zero-order chi connectivity index (χ0) is 20.2. The van der Waals surface area contributed by atoms with Crippen LogP contribution in [0.3, 0.4) is 0 Å². The van der Waals surface area contributed by atoms with Gasteiger partial charge in [0.25, 0.3) is 0 Å². The summed E-state index contributed by atoms with van der Waals surface area (Å²) in [5.41, 5.74) is 2.45. The zero-order valence-corrected chi connectivity index (χ0v) is 17.8. The molecule has 0 spiro atoms. The summed E-state index contributed by atoms with van der Waals surface area (Å²) in [6.07, 6.45) is 14.7. The average Bonchev–Trinajstić information content (AvgIpc) is 2.76. The SMILES string of the molecule is O=C(Nc1ccccc1)C1CCCCCCC(c2ccccc2)CCCCCC1. The second-order valence-electron chi connectivity index (χ2n) is 8.64. The lowest BCUT2D eigenvalue weighted by Gasteiger charge is -2.20. The molecule has 1 aliphatic rings. The summed E-state index contributed by atoms with van der Waals surface area (Å²) in [5.74, 6) is 1.10. The maximum absolute atomic E-state index is 12.8. The first-order valence-corrected chi connectivity index (χ1v) is 11.7. The Hall–Kier alpha value is -2.09. The number of carbonyl (C=O) groups is 1. The summed E-state index contributed by atoms with van der Waals surface area (Å²) >= 11 is 0. The molecule has 1 N–H and O–H groups in total. The second kappa shape index (κ2) is 12.5. The van der Waals surface area contributed by atoms with Crippen LogP contribution in [0.15, 0.2) is 60.7 Å². The average molecular weight is 392 g/mol. The molecule has 2 heteroatoms. The van der Waals surface area contributed by atoms with Crippen molar-refractivity contribution in [2.24, 2.45) is 5.92 Å². The molecule has 1 fully saturated rings. The molecule has 156 valence electrons. The molecule has 0 saturated heterocycles. The van der Waals surface area contributed by atoms with Crippen LogP contribution in [0, 0.1) is 5.92 Å². The lowest BCUT2D eigenvalue weighted by atomic mass is 9.87. The first-order valence-electron chi connectivity index (χ1n) is 11.7. The van der Waals surface area contributed by atoms with E-state index in [1.165, 1.54) is 69.8 Å². The van der Waals surface area contributed by atoms with Gasteiger partial charge in [0.05, 0.1) is 0 Å². The first kappa shape index (κ1) is 21.6. The largest absolute Gasteiger partial charge is 0.326 e. The molecule has 1 aliphatic carbocycles. The summed E-state index contributed by atoms with van der Waals surface area (Å²) in [5, 5.41) is 3.13. The van der Waals surface area contributed by atoms with Crippen LogP contribution in [0.5, 0.6) is 0 Å². The van der Waals surface area contributed by atoms with Crippen molar-refractivity contribution in [3.05, 3.63) is 66.2 Å². The Morgan fingerprint density at radius 2 is 1.10 bits per heavy atom. The lowest BCUT2D eigenvalue weighted by molar-refractivity contribution is -0.120. The van der Waals surface area contributed by atoms with Crippen molar-refractivity contribution in [2.45, 2.75) is 83.0 Å². The molecule has 3 rings (SSSR count). The van der Waals surface area contributed by atoms with Gasteiger partial charge in [0.2, 0.25) is 5.91 Å². The Morgan fingerprint density at radius 1 is 0.621 bits per heavy atom. The van der Waals surface area contributed by atoms with E-state index < -0.39 is 0 Å². The number of nitrogens with one attached hydrogen (secondary N) is 1. The fourth-order valence-electron chi connectivity index (χ4n) is 4.65. The van der Waals surface area contributed by atoms with Crippen LogP contribution in [-0.4, -0.2) is 5.91 Å². The topological polar surface area (TPSA) is 29.1 Å². The molecule has 2 nitrogen and oxygen atoms in total. The van der Waals surface area contributed by atoms with E-state index in [2.05, 4.69) is 35.6 Å². The Bertz CT molecular complexity index is 681. The number of anilines is 1. The lowest BCUT2D eigenvalue weighted by Crippen LogP contribution is -2.23. The molecule has 0 aliphatic heterocycles. The van der Waals surface area contributed by atoms with Gasteiger partial charge in [0, 0.05) is 11.6 Å². The fraction of sp³-hybridized carbons (Fsp3) is 0.519. The predicted octanol–water partition coefficient (Wildman–Crippen LogP) is 7.72. The number of rotatable bonds is 3. The van der Waals surface area contributed by atoms with E-state index in [9.17, 15) is 4.79 Å². The highest BCUT2D eigenvalue weighted by Crippen LogP contribution is 2.29. The molecule has 29 heavy (non-hydrogen) atoms. The van der Waals surface area contributed by atoms with E-state index in [0.717, 1.165) is 24.4 Å². The van der Waals surface area contributed by atoms with Gasteiger partial charge >= 0.3 is 0 Å². The molecule has 0 aromatic heterocycles. The Morgan fingerprint density at radius 3 is 1.66 bits per heavy atom. The van der Waals surface area contributed by atoms with Crippen molar-refractivity contribution in [2.75, 3.05) is 5.32 Å². The zero-order valence-electron chi connectivity index (χ0n) is 17.8. The molecule has 0 atom stereocenters. The maximum atomic E-state index is 12.8. The third-order valence-electron chi connectivity index (χ3n) is 6.39. The minimum absolute atomic E-state index is 0.162. The van der Waals surface area contributed by atoms with Gasteiger partial charge in [0.1, 0.15) is 0 Å². The van der Waals surface area contributed by atoms with Gasteiger partial charge in [-0.25, -0.2) is 0 Å². The molecule has 0 radical (unpaired) electrons. The molecule has 0 unspecified atom stereocenters. The van der Waals surface area contributed by atoms with E-state index in [4.69, 9.17) is 0 Å². The highest BCUT2D eigenvalue weighted by Gasteiger charge is 2.18. The summed E-state index contributed by atoms with van der Waals surface area (Å²) in [6, 6.07) is 21.0. The maximum Gasteiger partial charge on any atom is 0.227 e. The van der Waals surface area contributed by atoms with Crippen LogP contribution in [0.1, 0.15) is 88.5 Å². The van der Waals surface area contributed by atoms with E-state index in [1.807, 2.05) is 30.3 Å². The van der Waals surface area contributed by atoms with Gasteiger partial charge in [-0.1, -0.05) is 99.9 Å². The minimum atomic E-state index is 0.162. The number of amides is 1. The number of carbonyl (C=O) groups excluding carboxylic acids is 1. The van der Waals surface area contributed by atoms with Crippen LogP contribution in [-0.2, 0) is 4.79 Å². The van der Waals surface area contributed by atoms with Gasteiger partial charge < -0.3 is 5.32 Å². The van der Waals surface area contributed by atoms with E-state index in [-0.39, 0.29) is 11.8 Å². The summed E-state index contributed by atoms with van der Waals surface area (Å²) in [7, 11) is 0. The summed E-state index contributed by atoms with van der Waals surface area (Å²) in [4.78, 5) is 12.8. The molecule has 1 saturated carbocycles. The van der Waals surface area contributed by atoms with Crippen LogP contribution in [0.25, 0.3) is 0 Å². The van der Waals surface area contributed by atoms with Crippen molar-refractivity contribution in [1.82, 2.24) is 0 Å². The predicted molar refractivity (Wildman–Crippen MR) is 123 cm³/mol. The Kier molecular flexibility index (Phi) is 9.29. The second-order valence-corrected chi connectivity index (χ2v) is 8.64. The molecule has 2 aromatic rings. The van der Waals surface area contributed by atoms with Crippen LogP contribution < -0.4 is 5.32 Å². The molecule has 0 bridgehead atoms. The van der Waals surface area contributed by atoms with Gasteiger partial charge in [-0.05, 0) is 49.3 Å². The van der Waals surface area contributed by atoms with E-state index in [0.29, 0.717) is 0 Å². The summed E-state index contributed by atoms with van der Waals surface area (Å²) in [6.45, 7) is 0. The standard InChI is InChI=1S/C27H37NO/c29-27(28-26-21-13-6-14-22-26)25-19-9-3-1-7-15-23(16-8-2-4-10-20-25)24-17-11-5-12-18-24/h5-6,11-14,17-18,21-23,25H,1-4,7-10,15-16,19-20H2,(H,28,29). The smallest absolute Gasteiger partial charge is 0.227 e. The third-order valence-corrected chi connectivity index (χ3v) is 6.39. The normalized spacial score (nSPS) is 22.3. The molecule has 0 heterocycles. The highest BCUT2D eigenvalue weighted by atomic mass is 16.1. The first-order chi connectivity index (χ1) is 14.3. The number of para-hydroxylation sites is 1. The van der Waals surface area contributed by atoms with Crippen molar-refractivity contribution in [1.29, 1.82) is 0 Å². The molecule has 1 amide bonds. The van der Waals surface area contributed by atoms with Gasteiger partial charge in [-0.15, -0.1) is 0 Å².